The van der Waals surface area contributed by atoms with E-state index in [1.165, 1.54) is 0 Å². The van der Waals surface area contributed by atoms with E-state index in [0.717, 1.165) is 0 Å². The molecule has 3 nitrogen and oxygen atoms in total. The lowest BCUT2D eigenvalue weighted by Crippen LogP contribution is -2.50. The largest absolute Gasteiger partial charge is 0.454 e. The van der Waals surface area contributed by atoms with Crippen LogP contribution in [0.15, 0.2) is 73.7 Å². The van der Waals surface area contributed by atoms with Gasteiger partial charge in [-0.1, -0.05) is 34.2 Å². The van der Waals surface area contributed by atoms with Gasteiger partial charge in [0.1, 0.15) is 0 Å². The fourth-order valence-electron chi connectivity index (χ4n) is 1.40. The van der Waals surface area contributed by atoms with E-state index in [0.29, 0.717) is 0 Å². The van der Waals surface area contributed by atoms with Crippen molar-refractivity contribution in [2.24, 2.45) is 0 Å². The van der Waals surface area contributed by atoms with Crippen molar-refractivity contribution in [3.05, 3.63) is 73.7 Å². The predicted octanol–water partition coefficient (Wildman–Crippen LogP) is 2.85. The first-order chi connectivity index (χ1) is 9.91. The van der Waals surface area contributed by atoms with Gasteiger partial charge in [0.15, 0.2) is 5.91 Å². The Morgan fingerprint density at radius 2 is 1.10 bits per heavy atom. The van der Waals surface area contributed by atoms with E-state index in [1.807, 2.05) is 6.55 Å². The van der Waals surface area contributed by atoms with Crippen molar-refractivity contribution in [2.75, 3.05) is 0 Å². The Hall–Kier alpha value is -0.812. The van der Waals surface area contributed by atoms with E-state index in [1.54, 1.807) is 34.2 Å². The molecule has 112 valence electrons. The molecule has 0 rings (SSSR count). The van der Waals surface area contributed by atoms with Gasteiger partial charge in [-0.05, 0) is 6.55 Å². The van der Waals surface area contributed by atoms with Crippen LogP contribution in [0.25, 0.3) is 0 Å². The minimum absolute atomic E-state index is 0.561. The molecule has 0 heterocycles. The van der Waals surface area contributed by atoms with Gasteiger partial charge in [0.05, 0.1) is 0 Å². The molecule has 0 aromatic carbocycles. The highest BCUT2D eigenvalue weighted by Gasteiger charge is 2.37. The lowest BCUT2D eigenvalue weighted by atomic mass is 11.2. The monoisotopic (exact) mass is 350 g/mol. The molecular formula is C14H22O3Si4. The zero-order chi connectivity index (χ0) is 16.5. The van der Waals surface area contributed by atoms with Crippen LogP contribution in [0.3, 0.4) is 0 Å². The van der Waals surface area contributed by atoms with Crippen molar-refractivity contribution >= 4 is 36.2 Å². The average molecular weight is 351 g/mol. The van der Waals surface area contributed by atoms with Crippen molar-refractivity contribution in [2.45, 2.75) is 12.5 Å². The SMILES string of the molecule is C=C[Si](C=C)(C=C)OC(O[Si](C=C)(C=C)C=C)[Si](C)O[Si]. The van der Waals surface area contributed by atoms with Gasteiger partial charge in [-0.2, -0.15) is 0 Å². The van der Waals surface area contributed by atoms with E-state index < -0.39 is 31.6 Å². The lowest BCUT2D eigenvalue weighted by Gasteiger charge is -2.34. The van der Waals surface area contributed by atoms with Gasteiger partial charge in [-0.15, -0.1) is 39.5 Å². The second kappa shape index (κ2) is 9.26. The zero-order valence-corrected chi connectivity index (χ0v) is 16.5. The fraction of sp³-hybridized carbons (Fsp3) is 0.143. The van der Waals surface area contributed by atoms with Crippen molar-refractivity contribution in [1.82, 2.24) is 0 Å². The first-order valence-corrected chi connectivity index (χ1v) is 12.9. The van der Waals surface area contributed by atoms with Gasteiger partial charge >= 0.3 is 0 Å². The Labute approximate surface area is 135 Å². The molecule has 7 heteroatoms. The number of hydrogen-bond acceptors (Lipinski definition) is 3. The molecule has 0 aliphatic heterocycles. The summed E-state index contributed by atoms with van der Waals surface area (Å²) in [5, 5.41) is 0. The smallest absolute Gasteiger partial charge is 0.267 e. The first kappa shape index (κ1) is 20.2. The standard InChI is InChI=1S/C14H22O3Si4/c1-8-20(9-2,10-3)15-14(19(7)17-18)16-21(11-4,12-5)13-6/h8-14H,1-6H2,7H3. The highest BCUT2D eigenvalue weighted by atomic mass is 28.4. The summed E-state index contributed by atoms with van der Waals surface area (Å²) in [6.45, 7) is 24.8. The molecule has 0 aliphatic carbocycles. The van der Waals surface area contributed by atoms with Crippen LogP contribution in [0.4, 0.5) is 0 Å². The second-order valence-electron chi connectivity index (χ2n) is 4.21. The van der Waals surface area contributed by atoms with E-state index >= 15 is 0 Å². The van der Waals surface area contributed by atoms with Gasteiger partial charge in [-0.3, -0.25) is 0 Å². The highest BCUT2D eigenvalue weighted by Crippen LogP contribution is 2.20. The maximum absolute atomic E-state index is 6.14. The van der Waals surface area contributed by atoms with Gasteiger partial charge < -0.3 is 13.0 Å². The van der Waals surface area contributed by atoms with Crippen LogP contribution in [0.2, 0.25) is 6.55 Å². The molecule has 0 amide bonds. The second-order valence-corrected chi connectivity index (χ2v) is 13.1. The van der Waals surface area contributed by atoms with Gasteiger partial charge in [-0.25, -0.2) is 0 Å². The molecule has 0 fully saturated rings. The molecule has 21 heavy (non-hydrogen) atoms. The van der Waals surface area contributed by atoms with Crippen LogP contribution >= 0.6 is 0 Å². The summed E-state index contributed by atoms with van der Waals surface area (Å²) in [5.74, 6) is -0.561. The lowest BCUT2D eigenvalue weighted by molar-refractivity contribution is 0.0560. The van der Waals surface area contributed by atoms with Crippen LogP contribution in [0.1, 0.15) is 0 Å². The maximum atomic E-state index is 6.14. The predicted molar refractivity (Wildman–Crippen MR) is 97.1 cm³/mol. The third kappa shape index (κ3) is 5.15. The van der Waals surface area contributed by atoms with E-state index in [4.69, 9.17) is 13.0 Å². The molecule has 0 saturated carbocycles. The quantitative estimate of drug-likeness (QED) is 0.400. The number of rotatable bonds is 12. The van der Waals surface area contributed by atoms with Gasteiger partial charge in [0.2, 0.25) is 10.5 Å². The molecule has 4 radical (unpaired) electrons. The average Bonchev–Trinajstić information content (AvgIpc) is 2.55. The van der Waals surface area contributed by atoms with Crippen molar-refractivity contribution in [3.8, 4) is 0 Å². The molecule has 0 aromatic rings. The summed E-state index contributed by atoms with van der Waals surface area (Å²) < 4.78 is 17.6. The van der Waals surface area contributed by atoms with Crippen molar-refractivity contribution < 1.29 is 13.0 Å². The number of hydrogen-bond donors (Lipinski definition) is 0. The highest BCUT2D eigenvalue weighted by molar-refractivity contribution is 6.89. The first-order valence-electron chi connectivity index (χ1n) is 6.26. The molecule has 0 bridgehead atoms. The molecule has 0 spiro atoms. The zero-order valence-electron chi connectivity index (χ0n) is 12.5. The Morgan fingerprint density at radius 3 is 1.29 bits per heavy atom. The minimum atomic E-state index is -2.49. The molecule has 0 saturated heterocycles. The molecule has 0 aromatic heterocycles. The molecule has 0 atom stereocenters. The van der Waals surface area contributed by atoms with Crippen molar-refractivity contribution in [3.63, 3.8) is 0 Å². The van der Waals surface area contributed by atoms with E-state index in [2.05, 4.69) is 50.0 Å². The topological polar surface area (TPSA) is 27.7 Å². The third-order valence-corrected chi connectivity index (χ3v) is 10.8. The van der Waals surface area contributed by atoms with E-state index in [9.17, 15) is 0 Å². The molecule has 0 unspecified atom stereocenters. The Bertz CT molecular complexity index is 345. The Kier molecular flexibility index (Phi) is 8.90. The summed E-state index contributed by atoms with van der Waals surface area (Å²) in [5.41, 5.74) is 10.4. The molecule has 0 aliphatic rings. The maximum Gasteiger partial charge on any atom is 0.267 e. The Balaban J connectivity index is 5.49. The van der Waals surface area contributed by atoms with Crippen LogP contribution in [-0.2, 0) is 13.0 Å². The van der Waals surface area contributed by atoms with Crippen LogP contribution in [-0.4, -0.2) is 42.1 Å². The molecule has 0 N–H and O–H groups in total. The summed E-state index contributed by atoms with van der Waals surface area (Å²) in [6.07, 6.45) is 0. The minimum Gasteiger partial charge on any atom is -0.454 e. The fourth-order valence-corrected chi connectivity index (χ4v) is 6.85. The van der Waals surface area contributed by atoms with Crippen LogP contribution < -0.4 is 0 Å². The summed E-state index contributed by atoms with van der Waals surface area (Å²) >= 11 is 0. The van der Waals surface area contributed by atoms with Crippen LogP contribution in [0.5, 0.6) is 0 Å². The summed E-state index contributed by atoms with van der Waals surface area (Å²) in [7, 11) is -3.34. The van der Waals surface area contributed by atoms with Crippen molar-refractivity contribution in [1.29, 1.82) is 0 Å². The van der Waals surface area contributed by atoms with Gasteiger partial charge in [0, 0.05) is 0 Å². The summed E-state index contributed by atoms with van der Waals surface area (Å²) in [4.78, 5) is 0. The normalized spacial score (nSPS) is 12.0. The van der Waals surface area contributed by atoms with Crippen LogP contribution in [0, 0.1) is 0 Å². The molecular weight excluding hydrogens is 328 g/mol. The van der Waals surface area contributed by atoms with E-state index in [-0.39, 0.29) is 0 Å². The summed E-state index contributed by atoms with van der Waals surface area (Å²) in [6, 6.07) is 0. The third-order valence-electron chi connectivity index (χ3n) is 3.03. The Morgan fingerprint density at radius 1 is 0.810 bits per heavy atom. The van der Waals surface area contributed by atoms with Gasteiger partial charge in [0.25, 0.3) is 25.7 Å².